The fourth-order valence-electron chi connectivity index (χ4n) is 3.09. The monoisotopic (exact) mass is 265 g/mol. The molecule has 0 saturated heterocycles. The Bertz CT molecular complexity index is 621. The molecule has 1 aromatic heterocycles. The molecular weight excluding hydrogens is 248 g/mol. The average Bonchev–Trinajstić information content (AvgIpc) is 2.87. The molecule has 2 aromatic rings. The van der Waals surface area contributed by atoms with Gasteiger partial charge in [0.2, 0.25) is 5.95 Å². The van der Waals surface area contributed by atoms with E-state index in [1.54, 1.807) is 4.57 Å². The standard InChI is InChI=1S/C14H17F2N3/c1-8-3-2-4-9(8)7-19-12-6-10(15)5-11(16)13(12)18-14(19)17/h5-6,8-9H,2-4,7H2,1H3,(H2,17,18). The molecule has 2 N–H and O–H groups in total. The van der Waals surface area contributed by atoms with Gasteiger partial charge in [0.15, 0.2) is 5.82 Å². The molecule has 2 unspecified atom stereocenters. The predicted octanol–water partition coefficient (Wildman–Crippen LogP) is 3.33. The highest BCUT2D eigenvalue weighted by Gasteiger charge is 2.25. The summed E-state index contributed by atoms with van der Waals surface area (Å²) in [5.74, 6) is 0.144. The molecule has 2 atom stereocenters. The number of anilines is 1. The van der Waals surface area contributed by atoms with Gasteiger partial charge >= 0.3 is 0 Å². The first-order chi connectivity index (χ1) is 9.06. The van der Waals surface area contributed by atoms with E-state index in [1.807, 2.05) is 0 Å². The summed E-state index contributed by atoms with van der Waals surface area (Å²) in [6, 6.07) is 2.15. The summed E-state index contributed by atoms with van der Waals surface area (Å²) in [5.41, 5.74) is 6.47. The van der Waals surface area contributed by atoms with Crippen molar-refractivity contribution in [3.05, 3.63) is 23.8 Å². The summed E-state index contributed by atoms with van der Waals surface area (Å²) in [6.07, 6.45) is 3.55. The second-order valence-electron chi connectivity index (χ2n) is 5.50. The lowest BCUT2D eigenvalue weighted by Gasteiger charge is -2.17. The Kier molecular flexibility index (Phi) is 2.92. The first-order valence-electron chi connectivity index (χ1n) is 6.67. The molecule has 3 nitrogen and oxygen atoms in total. The zero-order valence-electron chi connectivity index (χ0n) is 10.9. The van der Waals surface area contributed by atoms with Gasteiger partial charge in [0, 0.05) is 18.7 Å². The second kappa shape index (κ2) is 4.47. The molecule has 0 radical (unpaired) electrons. The molecule has 3 rings (SSSR count). The molecule has 0 bridgehead atoms. The van der Waals surface area contributed by atoms with Gasteiger partial charge in [0.25, 0.3) is 0 Å². The number of nitrogens with zero attached hydrogens (tertiary/aromatic N) is 2. The topological polar surface area (TPSA) is 43.8 Å². The highest BCUT2D eigenvalue weighted by atomic mass is 19.1. The minimum Gasteiger partial charge on any atom is -0.369 e. The molecule has 1 heterocycles. The zero-order chi connectivity index (χ0) is 13.6. The number of halogens is 2. The molecule has 1 fully saturated rings. The summed E-state index contributed by atoms with van der Waals surface area (Å²) in [6.45, 7) is 2.90. The molecule has 19 heavy (non-hydrogen) atoms. The van der Waals surface area contributed by atoms with Crippen molar-refractivity contribution in [3.63, 3.8) is 0 Å². The summed E-state index contributed by atoms with van der Waals surface area (Å²) < 4.78 is 28.8. The number of nitrogen functional groups attached to an aromatic ring is 1. The lowest BCUT2D eigenvalue weighted by Crippen LogP contribution is -2.15. The van der Waals surface area contributed by atoms with Crippen molar-refractivity contribution in [3.8, 4) is 0 Å². The average molecular weight is 265 g/mol. The fraction of sp³-hybridized carbons (Fsp3) is 0.500. The Morgan fingerprint density at radius 1 is 1.37 bits per heavy atom. The summed E-state index contributed by atoms with van der Waals surface area (Å²) in [7, 11) is 0. The molecule has 5 heteroatoms. The second-order valence-corrected chi connectivity index (χ2v) is 5.50. The van der Waals surface area contributed by atoms with Gasteiger partial charge in [-0.05, 0) is 18.3 Å². The predicted molar refractivity (Wildman–Crippen MR) is 70.6 cm³/mol. The van der Waals surface area contributed by atoms with E-state index in [9.17, 15) is 8.78 Å². The smallest absolute Gasteiger partial charge is 0.201 e. The molecule has 0 aliphatic heterocycles. The Labute approximate surface area is 110 Å². The van der Waals surface area contributed by atoms with Gasteiger partial charge in [-0.1, -0.05) is 19.8 Å². The maximum Gasteiger partial charge on any atom is 0.201 e. The number of hydrogen-bond donors (Lipinski definition) is 1. The van der Waals surface area contributed by atoms with Crippen LogP contribution in [0, 0.1) is 23.5 Å². The minimum absolute atomic E-state index is 0.157. The number of fused-ring (bicyclic) bond motifs is 1. The van der Waals surface area contributed by atoms with Crippen molar-refractivity contribution in [2.75, 3.05) is 5.73 Å². The van der Waals surface area contributed by atoms with Crippen LogP contribution < -0.4 is 5.73 Å². The van der Waals surface area contributed by atoms with Crippen molar-refractivity contribution >= 4 is 17.0 Å². The number of benzene rings is 1. The van der Waals surface area contributed by atoms with Gasteiger partial charge in [-0.25, -0.2) is 13.8 Å². The molecule has 1 aliphatic rings. The maximum absolute atomic E-state index is 13.7. The first-order valence-corrected chi connectivity index (χ1v) is 6.67. The lowest BCUT2D eigenvalue weighted by atomic mass is 9.98. The van der Waals surface area contributed by atoms with Crippen molar-refractivity contribution in [2.45, 2.75) is 32.7 Å². The Morgan fingerprint density at radius 2 is 2.16 bits per heavy atom. The summed E-state index contributed by atoms with van der Waals surface area (Å²) in [5, 5.41) is 0. The highest BCUT2D eigenvalue weighted by molar-refractivity contribution is 5.79. The third-order valence-electron chi connectivity index (χ3n) is 4.26. The number of nitrogens with two attached hydrogens (primary N) is 1. The molecule has 1 aliphatic carbocycles. The van der Waals surface area contributed by atoms with Crippen molar-refractivity contribution < 1.29 is 8.78 Å². The van der Waals surface area contributed by atoms with E-state index in [-0.39, 0.29) is 11.5 Å². The molecule has 1 saturated carbocycles. The van der Waals surface area contributed by atoms with E-state index in [2.05, 4.69) is 11.9 Å². The van der Waals surface area contributed by atoms with Crippen LogP contribution in [0.1, 0.15) is 26.2 Å². The SMILES string of the molecule is CC1CCCC1Cn1c(N)nc2c(F)cc(F)cc21. The summed E-state index contributed by atoms with van der Waals surface area (Å²) in [4.78, 5) is 4.02. The van der Waals surface area contributed by atoms with E-state index in [1.165, 1.54) is 18.9 Å². The van der Waals surface area contributed by atoms with Gasteiger partial charge in [0.05, 0.1) is 5.52 Å². The molecule has 0 amide bonds. The van der Waals surface area contributed by atoms with Crippen molar-refractivity contribution in [1.82, 2.24) is 9.55 Å². The number of imidazole rings is 1. The molecule has 1 aromatic carbocycles. The van der Waals surface area contributed by atoms with Crippen LogP contribution in [0.25, 0.3) is 11.0 Å². The van der Waals surface area contributed by atoms with Crippen LogP contribution in [0.15, 0.2) is 12.1 Å². The van der Waals surface area contributed by atoms with Crippen LogP contribution in [0.4, 0.5) is 14.7 Å². The molecular formula is C14H17F2N3. The number of aromatic nitrogens is 2. The normalized spacial score (nSPS) is 23.3. The van der Waals surface area contributed by atoms with Crippen LogP contribution in [-0.4, -0.2) is 9.55 Å². The number of hydrogen-bond acceptors (Lipinski definition) is 2. The third-order valence-corrected chi connectivity index (χ3v) is 4.26. The molecule has 102 valence electrons. The van der Waals surface area contributed by atoms with Crippen molar-refractivity contribution in [2.24, 2.45) is 11.8 Å². The van der Waals surface area contributed by atoms with Gasteiger partial charge < -0.3 is 10.3 Å². The van der Waals surface area contributed by atoms with Crippen LogP contribution in [0.3, 0.4) is 0 Å². The molecule has 0 spiro atoms. The largest absolute Gasteiger partial charge is 0.369 e. The number of rotatable bonds is 2. The maximum atomic E-state index is 13.7. The Balaban J connectivity index is 2.05. The van der Waals surface area contributed by atoms with Crippen LogP contribution in [-0.2, 0) is 6.54 Å². The lowest BCUT2D eigenvalue weighted by molar-refractivity contribution is 0.370. The van der Waals surface area contributed by atoms with Crippen molar-refractivity contribution in [1.29, 1.82) is 0 Å². The summed E-state index contributed by atoms with van der Waals surface area (Å²) >= 11 is 0. The third kappa shape index (κ3) is 2.07. The zero-order valence-corrected chi connectivity index (χ0v) is 10.9. The highest BCUT2D eigenvalue weighted by Crippen LogP contribution is 2.34. The van der Waals surface area contributed by atoms with E-state index < -0.39 is 11.6 Å². The van der Waals surface area contributed by atoms with Crippen LogP contribution >= 0.6 is 0 Å². The Hall–Kier alpha value is -1.65. The minimum atomic E-state index is -0.653. The Morgan fingerprint density at radius 3 is 2.84 bits per heavy atom. The quantitative estimate of drug-likeness (QED) is 0.905. The van der Waals surface area contributed by atoms with Gasteiger partial charge in [-0.2, -0.15) is 0 Å². The van der Waals surface area contributed by atoms with Crippen LogP contribution in [0.5, 0.6) is 0 Å². The van der Waals surface area contributed by atoms with E-state index in [0.29, 0.717) is 23.9 Å². The van der Waals surface area contributed by atoms with E-state index >= 15 is 0 Å². The van der Waals surface area contributed by atoms with Gasteiger partial charge in [0.1, 0.15) is 11.3 Å². The van der Waals surface area contributed by atoms with Gasteiger partial charge in [-0.15, -0.1) is 0 Å². The first kappa shape index (κ1) is 12.4. The van der Waals surface area contributed by atoms with Crippen LogP contribution in [0.2, 0.25) is 0 Å². The van der Waals surface area contributed by atoms with Gasteiger partial charge in [-0.3, -0.25) is 0 Å². The van der Waals surface area contributed by atoms with E-state index in [0.717, 1.165) is 12.5 Å². The van der Waals surface area contributed by atoms with E-state index in [4.69, 9.17) is 5.73 Å². The fourth-order valence-corrected chi connectivity index (χ4v) is 3.09.